The molecule has 0 saturated carbocycles. The summed E-state index contributed by atoms with van der Waals surface area (Å²) in [6.45, 7) is 1.00. The van der Waals surface area contributed by atoms with E-state index >= 15 is 0 Å². The zero-order valence-corrected chi connectivity index (χ0v) is 19.4. The molecule has 3 rings (SSSR count). The number of nitrogens with zero attached hydrogens (tertiary/aromatic N) is 1. The predicted octanol–water partition coefficient (Wildman–Crippen LogP) is 0.324. The van der Waals surface area contributed by atoms with E-state index < -0.39 is 46.7 Å². The molecule has 13 heteroatoms. The second-order valence-corrected chi connectivity index (χ2v) is 9.33. The molecule has 4 N–H and O–H groups in total. The fraction of sp³-hybridized carbons (Fsp3) is 0.273. The van der Waals surface area contributed by atoms with E-state index in [1.165, 1.54) is 6.92 Å². The molecule has 1 fully saturated rings. The molecule has 35 heavy (non-hydrogen) atoms. The Labute approximate surface area is 201 Å². The van der Waals surface area contributed by atoms with Gasteiger partial charge in [-0.2, -0.15) is 12.7 Å². The lowest BCUT2D eigenvalue weighted by molar-refractivity contribution is -0.151. The Hall–Kier alpha value is -3.81. The number of amides is 2. The number of rotatable bonds is 10. The SMILES string of the molecule is CC(=O)Nc1ccc(CN2[C@@H](N[C@@H](CC(=O)OCc3ccccc3)C(=O)O)C(=O)NS2(=O)=O)cc1. The molecule has 0 unspecified atom stereocenters. The Kier molecular flexibility index (Phi) is 8.17. The summed E-state index contributed by atoms with van der Waals surface area (Å²) in [5.74, 6) is -3.56. The van der Waals surface area contributed by atoms with Crippen LogP contribution in [0.4, 0.5) is 5.69 Å². The Morgan fingerprint density at radius 2 is 1.74 bits per heavy atom. The molecule has 2 aromatic carbocycles. The standard InChI is InChI=1S/C22H24N4O8S/c1-14(27)23-17-9-7-15(8-10-17)12-26-20(21(29)25-35(26,32)33)24-18(22(30)31)11-19(28)34-13-16-5-3-2-4-6-16/h2-10,18,20,24H,11-13H2,1H3,(H,23,27)(H,25,29)(H,30,31)/t18-,20+/m0/s1. The third-order valence-corrected chi connectivity index (χ3v) is 6.37. The monoisotopic (exact) mass is 504 g/mol. The van der Waals surface area contributed by atoms with E-state index in [2.05, 4.69) is 10.6 Å². The third kappa shape index (κ3) is 7.09. The van der Waals surface area contributed by atoms with Crippen molar-refractivity contribution < 1.29 is 37.4 Å². The number of carbonyl (C=O) groups excluding carboxylic acids is 3. The van der Waals surface area contributed by atoms with Crippen LogP contribution in [-0.4, -0.2) is 53.8 Å². The van der Waals surface area contributed by atoms with E-state index in [4.69, 9.17) is 4.74 Å². The van der Waals surface area contributed by atoms with Crippen LogP contribution in [0.5, 0.6) is 0 Å². The fourth-order valence-electron chi connectivity index (χ4n) is 3.29. The Balaban J connectivity index is 1.69. The van der Waals surface area contributed by atoms with E-state index in [9.17, 15) is 32.7 Å². The third-order valence-electron chi connectivity index (χ3n) is 4.96. The maximum Gasteiger partial charge on any atom is 0.321 e. The molecule has 1 aliphatic heterocycles. The minimum absolute atomic E-state index is 0.0646. The van der Waals surface area contributed by atoms with Crippen molar-refractivity contribution in [1.29, 1.82) is 0 Å². The van der Waals surface area contributed by atoms with Crippen LogP contribution in [0, 0.1) is 0 Å². The van der Waals surface area contributed by atoms with Gasteiger partial charge in [-0.15, -0.1) is 0 Å². The summed E-state index contributed by atoms with van der Waals surface area (Å²) in [4.78, 5) is 47.5. The zero-order valence-electron chi connectivity index (χ0n) is 18.6. The van der Waals surface area contributed by atoms with Crippen LogP contribution in [0.1, 0.15) is 24.5 Å². The molecule has 0 spiro atoms. The average molecular weight is 505 g/mol. The van der Waals surface area contributed by atoms with Gasteiger partial charge in [-0.3, -0.25) is 24.5 Å². The molecule has 2 amide bonds. The van der Waals surface area contributed by atoms with Crippen molar-refractivity contribution in [1.82, 2.24) is 14.3 Å². The molecule has 186 valence electrons. The van der Waals surface area contributed by atoms with Crippen LogP contribution in [0.2, 0.25) is 0 Å². The molecule has 2 atom stereocenters. The summed E-state index contributed by atoms with van der Waals surface area (Å²) < 4.78 is 32.7. The Bertz CT molecular complexity index is 1200. The van der Waals surface area contributed by atoms with Crippen LogP contribution in [0.3, 0.4) is 0 Å². The van der Waals surface area contributed by atoms with Gasteiger partial charge in [0.15, 0.2) is 6.17 Å². The smallest absolute Gasteiger partial charge is 0.321 e. The van der Waals surface area contributed by atoms with Crippen LogP contribution in [0.25, 0.3) is 0 Å². The molecule has 2 aromatic rings. The summed E-state index contributed by atoms with van der Waals surface area (Å²) in [7, 11) is -4.27. The summed E-state index contributed by atoms with van der Waals surface area (Å²) in [5, 5.41) is 14.6. The number of aliphatic carboxylic acids is 1. The van der Waals surface area contributed by atoms with Gasteiger partial charge in [0, 0.05) is 19.2 Å². The molecule has 1 saturated heterocycles. The molecule has 12 nitrogen and oxygen atoms in total. The van der Waals surface area contributed by atoms with Gasteiger partial charge in [-0.25, -0.2) is 4.72 Å². The summed E-state index contributed by atoms with van der Waals surface area (Å²) >= 11 is 0. The van der Waals surface area contributed by atoms with Crippen LogP contribution >= 0.6 is 0 Å². The number of ether oxygens (including phenoxy) is 1. The molecular formula is C22H24N4O8S. The first kappa shape index (κ1) is 25.8. The van der Waals surface area contributed by atoms with Gasteiger partial charge in [0.1, 0.15) is 12.6 Å². The summed E-state index contributed by atoms with van der Waals surface area (Å²) in [5.41, 5.74) is 1.67. The highest BCUT2D eigenvalue weighted by Crippen LogP contribution is 2.19. The topological polar surface area (TPSA) is 171 Å². The zero-order chi connectivity index (χ0) is 25.6. The number of hydrogen-bond acceptors (Lipinski definition) is 8. The van der Waals surface area contributed by atoms with E-state index in [0.717, 1.165) is 4.31 Å². The predicted molar refractivity (Wildman–Crippen MR) is 123 cm³/mol. The van der Waals surface area contributed by atoms with E-state index in [-0.39, 0.29) is 19.1 Å². The molecule has 0 radical (unpaired) electrons. The van der Waals surface area contributed by atoms with Crippen molar-refractivity contribution in [3.05, 3.63) is 65.7 Å². The van der Waals surface area contributed by atoms with Gasteiger partial charge in [-0.1, -0.05) is 42.5 Å². The van der Waals surface area contributed by atoms with Crippen molar-refractivity contribution in [3.63, 3.8) is 0 Å². The van der Waals surface area contributed by atoms with E-state index in [1.807, 2.05) is 4.72 Å². The van der Waals surface area contributed by atoms with Gasteiger partial charge in [0.25, 0.3) is 5.91 Å². The van der Waals surface area contributed by atoms with Crippen molar-refractivity contribution >= 4 is 39.6 Å². The summed E-state index contributed by atoms with van der Waals surface area (Å²) in [6, 6.07) is 13.4. The number of carbonyl (C=O) groups is 4. The number of benzene rings is 2. The van der Waals surface area contributed by atoms with Crippen LogP contribution in [-0.2, 0) is 47.3 Å². The average Bonchev–Trinajstić information content (AvgIpc) is 3.00. The normalized spacial score (nSPS) is 17.9. The van der Waals surface area contributed by atoms with Gasteiger partial charge in [0.2, 0.25) is 5.91 Å². The first-order valence-electron chi connectivity index (χ1n) is 10.4. The van der Waals surface area contributed by atoms with Crippen molar-refractivity contribution in [3.8, 4) is 0 Å². The lowest BCUT2D eigenvalue weighted by Crippen LogP contribution is -2.53. The molecule has 0 aromatic heterocycles. The molecule has 1 aliphatic rings. The Morgan fingerprint density at radius 1 is 1.09 bits per heavy atom. The highest BCUT2D eigenvalue weighted by Gasteiger charge is 2.45. The number of hydrogen-bond donors (Lipinski definition) is 4. The second kappa shape index (κ2) is 11.1. The highest BCUT2D eigenvalue weighted by atomic mass is 32.2. The van der Waals surface area contributed by atoms with Crippen LogP contribution in [0.15, 0.2) is 54.6 Å². The van der Waals surface area contributed by atoms with Gasteiger partial charge in [-0.05, 0) is 23.3 Å². The number of carboxylic acid groups (broad SMARTS) is 1. The molecule has 0 aliphatic carbocycles. The quantitative estimate of drug-likeness (QED) is 0.333. The number of nitrogens with one attached hydrogen (secondary N) is 3. The van der Waals surface area contributed by atoms with Crippen molar-refractivity contribution in [2.24, 2.45) is 0 Å². The van der Waals surface area contributed by atoms with Gasteiger partial charge >= 0.3 is 22.1 Å². The Morgan fingerprint density at radius 3 is 2.34 bits per heavy atom. The van der Waals surface area contributed by atoms with Gasteiger partial charge < -0.3 is 15.2 Å². The second-order valence-electron chi connectivity index (χ2n) is 7.71. The number of carboxylic acids is 1. The minimum Gasteiger partial charge on any atom is -0.480 e. The summed E-state index contributed by atoms with van der Waals surface area (Å²) in [6.07, 6.45) is -2.20. The largest absolute Gasteiger partial charge is 0.480 e. The van der Waals surface area contributed by atoms with Crippen molar-refractivity contribution in [2.45, 2.75) is 38.7 Å². The maximum atomic E-state index is 12.5. The fourth-order valence-corrected chi connectivity index (χ4v) is 4.53. The van der Waals surface area contributed by atoms with E-state index in [0.29, 0.717) is 16.8 Å². The van der Waals surface area contributed by atoms with Crippen LogP contribution < -0.4 is 15.4 Å². The first-order valence-corrected chi connectivity index (χ1v) is 11.9. The highest BCUT2D eigenvalue weighted by molar-refractivity contribution is 7.88. The molecule has 0 bridgehead atoms. The molecule has 1 heterocycles. The first-order chi connectivity index (χ1) is 16.5. The lowest BCUT2D eigenvalue weighted by atomic mass is 10.1. The lowest BCUT2D eigenvalue weighted by Gasteiger charge is -2.24. The minimum atomic E-state index is -4.27. The molecular weight excluding hydrogens is 480 g/mol. The van der Waals surface area contributed by atoms with Gasteiger partial charge in [0.05, 0.1) is 6.42 Å². The maximum absolute atomic E-state index is 12.5. The van der Waals surface area contributed by atoms with Crippen molar-refractivity contribution in [2.75, 3.05) is 5.32 Å². The number of anilines is 1. The number of esters is 1. The van der Waals surface area contributed by atoms with E-state index in [1.54, 1.807) is 54.6 Å².